The van der Waals surface area contributed by atoms with Crippen LogP contribution in [0.15, 0.2) is 0 Å². The van der Waals surface area contributed by atoms with Gasteiger partial charge in [-0.25, -0.2) is 0 Å². The molecule has 2 rings (SSSR count). The van der Waals surface area contributed by atoms with E-state index in [4.69, 9.17) is 10.5 Å². The summed E-state index contributed by atoms with van der Waals surface area (Å²) in [6.45, 7) is 5.56. The highest BCUT2D eigenvalue weighted by atomic mass is 16.5. The van der Waals surface area contributed by atoms with Crippen molar-refractivity contribution in [3.05, 3.63) is 0 Å². The zero-order valence-corrected chi connectivity index (χ0v) is 12.3. The van der Waals surface area contributed by atoms with Gasteiger partial charge in [-0.2, -0.15) is 0 Å². The number of morpholine rings is 1. The molecule has 1 aliphatic heterocycles. The molecule has 1 heterocycles. The van der Waals surface area contributed by atoms with Crippen molar-refractivity contribution in [3.8, 4) is 0 Å². The molecule has 1 saturated heterocycles. The zero-order chi connectivity index (χ0) is 13.8. The van der Waals surface area contributed by atoms with E-state index >= 15 is 0 Å². The van der Waals surface area contributed by atoms with Crippen molar-refractivity contribution in [1.29, 1.82) is 0 Å². The fraction of sp³-hybridized carbons (Fsp3) is 0.933. The molecule has 4 heteroatoms. The van der Waals surface area contributed by atoms with E-state index in [-0.39, 0.29) is 12.2 Å². The summed E-state index contributed by atoms with van der Waals surface area (Å²) in [5.41, 5.74) is 6.00. The number of carbonyl (C=O) groups is 1. The molecule has 2 unspecified atom stereocenters. The van der Waals surface area contributed by atoms with Crippen LogP contribution >= 0.6 is 0 Å². The van der Waals surface area contributed by atoms with Crippen molar-refractivity contribution >= 4 is 5.91 Å². The Balaban J connectivity index is 1.74. The largest absolute Gasteiger partial charge is 0.372 e. The number of rotatable bonds is 3. The Morgan fingerprint density at radius 1 is 1.26 bits per heavy atom. The summed E-state index contributed by atoms with van der Waals surface area (Å²) in [4.78, 5) is 14.2. The van der Waals surface area contributed by atoms with Crippen LogP contribution < -0.4 is 5.73 Å². The predicted octanol–water partition coefficient (Wildman–Crippen LogP) is 1.92. The minimum absolute atomic E-state index is 0.163. The van der Waals surface area contributed by atoms with E-state index < -0.39 is 0 Å². The lowest BCUT2D eigenvalue weighted by Crippen LogP contribution is -2.48. The van der Waals surface area contributed by atoms with Crippen LogP contribution in [-0.2, 0) is 9.53 Å². The minimum atomic E-state index is 0.163. The summed E-state index contributed by atoms with van der Waals surface area (Å²) in [6, 6.07) is 0.359. The topological polar surface area (TPSA) is 55.6 Å². The quantitative estimate of drug-likeness (QED) is 0.851. The third kappa shape index (κ3) is 4.46. The van der Waals surface area contributed by atoms with Crippen molar-refractivity contribution in [3.63, 3.8) is 0 Å². The average molecular weight is 268 g/mol. The number of hydrogen-bond acceptors (Lipinski definition) is 3. The van der Waals surface area contributed by atoms with Crippen LogP contribution in [0.5, 0.6) is 0 Å². The Morgan fingerprint density at radius 2 is 1.95 bits per heavy atom. The van der Waals surface area contributed by atoms with Gasteiger partial charge in [0.25, 0.3) is 0 Å². The molecule has 4 atom stereocenters. The fourth-order valence-electron chi connectivity index (χ4n) is 3.46. The van der Waals surface area contributed by atoms with Crippen LogP contribution in [0.3, 0.4) is 0 Å². The second-order valence-corrected chi connectivity index (χ2v) is 6.39. The standard InChI is InChI=1S/C15H28N2O2/c1-11-9-17(10-12(2)19-11)15(18)7-6-13-4-3-5-14(16)8-13/h11-14H,3-10,16H2,1-2H3/t11-,12+,13?,14?. The zero-order valence-electron chi connectivity index (χ0n) is 12.3. The summed E-state index contributed by atoms with van der Waals surface area (Å²) in [6.07, 6.45) is 6.74. The van der Waals surface area contributed by atoms with Crippen LogP contribution in [0, 0.1) is 5.92 Å². The van der Waals surface area contributed by atoms with E-state index in [1.54, 1.807) is 0 Å². The minimum Gasteiger partial charge on any atom is -0.372 e. The molecule has 2 fully saturated rings. The number of nitrogens with zero attached hydrogens (tertiary/aromatic N) is 1. The summed E-state index contributed by atoms with van der Waals surface area (Å²) in [5, 5.41) is 0. The highest BCUT2D eigenvalue weighted by Crippen LogP contribution is 2.27. The lowest BCUT2D eigenvalue weighted by Gasteiger charge is -2.36. The smallest absolute Gasteiger partial charge is 0.222 e. The molecular formula is C15H28N2O2. The molecule has 0 aromatic heterocycles. The van der Waals surface area contributed by atoms with Crippen molar-refractivity contribution in [2.75, 3.05) is 13.1 Å². The summed E-state index contributed by atoms with van der Waals surface area (Å²) in [5.74, 6) is 0.949. The fourth-order valence-corrected chi connectivity index (χ4v) is 3.46. The predicted molar refractivity (Wildman–Crippen MR) is 75.8 cm³/mol. The van der Waals surface area contributed by atoms with Gasteiger partial charge in [-0.1, -0.05) is 12.8 Å². The first-order chi connectivity index (χ1) is 9.04. The molecule has 0 aromatic rings. The van der Waals surface area contributed by atoms with Gasteiger partial charge in [-0.15, -0.1) is 0 Å². The van der Waals surface area contributed by atoms with Crippen molar-refractivity contribution in [1.82, 2.24) is 4.90 Å². The maximum Gasteiger partial charge on any atom is 0.222 e. The van der Waals surface area contributed by atoms with Gasteiger partial charge in [0.1, 0.15) is 0 Å². The van der Waals surface area contributed by atoms with Crippen molar-refractivity contribution in [2.24, 2.45) is 11.7 Å². The molecular weight excluding hydrogens is 240 g/mol. The summed E-state index contributed by atoms with van der Waals surface area (Å²) in [7, 11) is 0. The van der Waals surface area contributed by atoms with Gasteiger partial charge in [-0.05, 0) is 39.0 Å². The highest BCUT2D eigenvalue weighted by Gasteiger charge is 2.26. The maximum absolute atomic E-state index is 12.3. The second-order valence-electron chi connectivity index (χ2n) is 6.39. The summed E-state index contributed by atoms with van der Waals surface area (Å²) >= 11 is 0. The van der Waals surface area contributed by atoms with Gasteiger partial charge < -0.3 is 15.4 Å². The SMILES string of the molecule is C[C@@H]1CN(C(=O)CCC2CCCC(N)C2)C[C@H](C)O1. The first kappa shape index (κ1) is 14.8. The number of carbonyl (C=O) groups excluding carboxylic acids is 1. The third-order valence-corrected chi connectivity index (χ3v) is 4.36. The van der Waals surface area contributed by atoms with Gasteiger partial charge in [0.05, 0.1) is 12.2 Å². The molecule has 1 amide bonds. The van der Waals surface area contributed by atoms with Crippen LogP contribution in [-0.4, -0.2) is 42.1 Å². The van der Waals surface area contributed by atoms with Crippen LogP contribution in [0.1, 0.15) is 52.4 Å². The molecule has 0 bridgehead atoms. The molecule has 0 radical (unpaired) electrons. The molecule has 19 heavy (non-hydrogen) atoms. The Labute approximate surface area is 116 Å². The molecule has 0 aromatic carbocycles. The van der Waals surface area contributed by atoms with Crippen molar-refractivity contribution < 1.29 is 9.53 Å². The molecule has 2 aliphatic rings. The Bertz CT molecular complexity index is 299. The first-order valence-electron chi connectivity index (χ1n) is 7.73. The maximum atomic E-state index is 12.3. The second kappa shape index (κ2) is 6.71. The van der Waals surface area contributed by atoms with Crippen LogP contribution in [0.25, 0.3) is 0 Å². The number of amides is 1. The molecule has 1 aliphatic carbocycles. The van der Waals surface area contributed by atoms with E-state index in [1.807, 2.05) is 18.7 Å². The summed E-state index contributed by atoms with van der Waals surface area (Å²) < 4.78 is 5.66. The monoisotopic (exact) mass is 268 g/mol. The van der Waals surface area contributed by atoms with E-state index in [9.17, 15) is 4.79 Å². The molecule has 0 spiro atoms. The molecule has 2 N–H and O–H groups in total. The highest BCUT2D eigenvalue weighted by molar-refractivity contribution is 5.76. The van der Waals surface area contributed by atoms with E-state index in [0.29, 0.717) is 24.3 Å². The van der Waals surface area contributed by atoms with E-state index in [2.05, 4.69) is 0 Å². The first-order valence-corrected chi connectivity index (χ1v) is 7.73. The Hall–Kier alpha value is -0.610. The lowest BCUT2D eigenvalue weighted by atomic mass is 9.83. The van der Waals surface area contributed by atoms with Crippen molar-refractivity contribution in [2.45, 2.75) is 70.6 Å². The van der Waals surface area contributed by atoms with E-state index in [0.717, 1.165) is 32.4 Å². The van der Waals surface area contributed by atoms with Gasteiger partial charge in [0.15, 0.2) is 0 Å². The van der Waals surface area contributed by atoms with Gasteiger partial charge in [-0.3, -0.25) is 4.79 Å². The average Bonchev–Trinajstić information content (AvgIpc) is 2.35. The number of ether oxygens (including phenoxy) is 1. The number of hydrogen-bond donors (Lipinski definition) is 1. The normalized spacial score (nSPS) is 36.3. The Kier molecular flexibility index (Phi) is 5.22. The van der Waals surface area contributed by atoms with Crippen LogP contribution in [0.4, 0.5) is 0 Å². The Morgan fingerprint density at radius 3 is 2.58 bits per heavy atom. The van der Waals surface area contributed by atoms with Gasteiger partial charge >= 0.3 is 0 Å². The molecule has 4 nitrogen and oxygen atoms in total. The lowest BCUT2D eigenvalue weighted by molar-refractivity contribution is -0.143. The van der Waals surface area contributed by atoms with Crippen LogP contribution in [0.2, 0.25) is 0 Å². The third-order valence-electron chi connectivity index (χ3n) is 4.36. The van der Waals surface area contributed by atoms with E-state index in [1.165, 1.54) is 12.8 Å². The molecule has 1 saturated carbocycles. The molecule has 110 valence electrons. The number of nitrogens with two attached hydrogens (primary N) is 1. The van der Waals surface area contributed by atoms with Gasteiger partial charge in [0, 0.05) is 25.6 Å². The van der Waals surface area contributed by atoms with Gasteiger partial charge in [0.2, 0.25) is 5.91 Å².